The molecule has 0 aliphatic rings. The Morgan fingerprint density at radius 2 is 1.74 bits per heavy atom. The minimum absolute atomic E-state index is 0.374. The van der Waals surface area contributed by atoms with E-state index in [1.807, 2.05) is 30.3 Å². The van der Waals surface area contributed by atoms with E-state index in [2.05, 4.69) is 24.0 Å². The van der Waals surface area contributed by atoms with Crippen molar-refractivity contribution in [3.8, 4) is 22.8 Å². The van der Waals surface area contributed by atoms with Gasteiger partial charge in [-0.2, -0.15) is 10.2 Å². The van der Waals surface area contributed by atoms with E-state index >= 15 is 0 Å². The van der Waals surface area contributed by atoms with Gasteiger partial charge in [-0.05, 0) is 30.2 Å². The summed E-state index contributed by atoms with van der Waals surface area (Å²) in [6.07, 6.45) is 0. The molecule has 4 nitrogen and oxygen atoms in total. The molecular weight excluding hydrogens is 240 g/mol. The zero-order valence-electron chi connectivity index (χ0n) is 11.7. The highest BCUT2D eigenvalue weighted by molar-refractivity contribution is 5.68. The van der Waals surface area contributed by atoms with E-state index in [-0.39, 0.29) is 0 Å². The van der Waals surface area contributed by atoms with Gasteiger partial charge in [0.25, 0.3) is 0 Å². The van der Waals surface area contributed by atoms with E-state index in [1.54, 1.807) is 14.2 Å². The first kappa shape index (κ1) is 13.3. The molecule has 0 unspecified atom stereocenters. The van der Waals surface area contributed by atoms with E-state index in [0.29, 0.717) is 5.92 Å². The number of rotatable bonds is 4. The monoisotopic (exact) mass is 258 g/mol. The van der Waals surface area contributed by atoms with Crippen molar-refractivity contribution in [3.63, 3.8) is 0 Å². The summed E-state index contributed by atoms with van der Waals surface area (Å²) in [5.41, 5.74) is 2.69. The predicted octanol–water partition coefficient (Wildman–Crippen LogP) is 3.28. The van der Waals surface area contributed by atoms with Gasteiger partial charge in [-0.3, -0.25) is 0 Å². The number of methoxy groups -OCH3 is 2. The number of aromatic nitrogens is 2. The second-order valence-corrected chi connectivity index (χ2v) is 4.56. The van der Waals surface area contributed by atoms with Crippen molar-refractivity contribution < 1.29 is 9.47 Å². The summed E-state index contributed by atoms with van der Waals surface area (Å²) >= 11 is 0. The summed E-state index contributed by atoms with van der Waals surface area (Å²) in [6, 6.07) is 9.61. The van der Waals surface area contributed by atoms with Crippen LogP contribution in [0.15, 0.2) is 30.3 Å². The van der Waals surface area contributed by atoms with E-state index in [1.165, 1.54) is 0 Å². The summed E-state index contributed by atoms with van der Waals surface area (Å²) < 4.78 is 10.6. The third kappa shape index (κ3) is 2.84. The summed E-state index contributed by atoms with van der Waals surface area (Å²) in [5.74, 6) is 1.86. The number of benzene rings is 1. The van der Waals surface area contributed by atoms with Crippen molar-refractivity contribution >= 4 is 0 Å². The molecule has 0 bridgehead atoms. The van der Waals surface area contributed by atoms with Crippen molar-refractivity contribution in [1.82, 2.24) is 10.2 Å². The summed E-state index contributed by atoms with van der Waals surface area (Å²) in [5, 5.41) is 8.50. The van der Waals surface area contributed by atoms with Crippen LogP contribution in [0.1, 0.15) is 25.5 Å². The maximum Gasteiger partial charge on any atom is 0.132 e. The fraction of sp³-hybridized carbons (Fsp3) is 0.333. The number of ether oxygens (including phenoxy) is 2. The lowest BCUT2D eigenvalue weighted by molar-refractivity contribution is 0.395. The molecule has 0 aliphatic carbocycles. The van der Waals surface area contributed by atoms with Gasteiger partial charge in [0.1, 0.15) is 11.5 Å². The van der Waals surface area contributed by atoms with E-state index in [9.17, 15) is 0 Å². The van der Waals surface area contributed by atoms with Crippen LogP contribution in [0.25, 0.3) is 11.3 Å². The molecular formula is C15H18N2O2. The molecule has 100 valence electrons. The van der Waals surface area contributed by atoms with Crippen LogP contribution in [-0.2, 0) is 0 Å². The van der Waals surface area contributed by atoms with Gasteiger partial charge in [0.05, 0.1) is 25.6 Å². The second-order valence-electron chi connectivity index (χ2n) is 4.56. The lowest BCUT2D eigenvalue weighted by Crippen LogP contribution is -1.97. The van der Waals surface area contributed by atoms with Crippen LogP contribution in [0.2, 0.25) is 0 Å². The van der Waals surface area contributed by atoms with Gasteiger partial charge in [-0.15, -0.1) is 0 Å². The third-order valence-corrected chi connectivity index (χ3v) is 2.96. The first-order chi connectivity index (χ1) is 9.15. The first-order valence-electron chi connectivity index (χ1n) is 6.21. The van der Waals surface area contributed by atoms with Crippen molar-refractivity contribution in [2.45, 2.75) is 19.8 Å². The predicted molar refractivity (Wildman–Crippen MR) is 74.7 cm³/mol. The first-order valence-corrected chi connectivity index (χ1v) is 6.21. The van der Waals surface area contributed by atoms with Gasteiger partial charge in [-0.25, -0.2) is 0 Å². The summed E-state index contributed by atoms with van der Waals surface area (Å²) in [7, 11) is 3.26. The number of hydrogen-bond donors (Lipinski definition) is 0. The molecule has 19 heavy (non-hydrogen) atoms. The van der Waals surface area contributed by atoms with Crippen LogP contribution in [0.4, 0.5) is 0 Å². The smallest absolute Gasteiger partial charge is 0.132 e. The molecule has 0 spiro atoms. The maximum atomic E-state index is 5.37. The molecule has 1 heterocycles. The molecule has 0 aliphatic heterocycles. The molecule has 0 atom stereocenters. The topological polar surface area (TPSA) is 44.2 Å². The Kier molecular flexibility index (Phi) is 4.00. The molecule has 0 radical (unpaired) electrons. The summed E-state index contributed by atoms with van der Waals surface area (Å²) in [4.78, 5) is 0. The molecule has 0 N–H and O–H groups in total. The zero-order chi connectivity index (χ0) is 13.8. The molecule has 0 fully saturated rings. The Hall–Kier alpha value is -2.10. The number of nitrogens with zero attached hydrogens (tertiary/aromatic N) is 2. The van der Waals surface area contributed by atoms with Gasteiger partial charge in [0.2, 0.25) is 0 Å². The van der Waals surface area contributed by atoms with Gasteiger partial charge < -0.3 is 9.47 Å². The molecule has 2 rings (SSSR count). The van der Waals surface area contributed by atoms with Gasteiger partial charge in [-0.1, -0.05) is 13.8 Å². The lowest BCUT2D eigenvalue weighted by atomic mass is 10.1. The molecule has 2 aromatic rings. The second kappa shape index (κ2) is 5.69. The zero-order valence-corrected chi connectivity index (χ0v) is 11.7. The quantitative estimate of drug-likeness (QED) is 0.844. The molecule has 1 aromatic heterocycles. The lowest BCUT2D eigenvalue weighted by Gasteiger charge is -2.10. The van der Waals surface area contributed by atoms with Gasteiger partial charge >= 0.3 is 0 Å². The highest BCUT2D eigenvalue weighted by Crippen LogP contribution is 2.32. The van der Waals surface area contributed by atoms with Gasteiger partial charge in [0.15, 0.2) is 0 Å². The van der Waals surface area contributed by atoms with E-state index < -0.39 is 0 Å². The molecule has 1 aromatic carbocycles. The van der Waals surface area contributed by atoms with Crippen LogP contribution in [-0.4, -0.2) is 24.4 Å². The standard InChI is InChI=1S/C15H18N2O2/c1-10(2)13-7-8-14(17-16-13)12-6-5-11(18-3)9-15(12)19-4/h5-10H,1-4H3. The Labute approximate surface area is 113 Å². The maximum absolute atomic E-state index is 5.37. The molecule has 0 saturated carbocycles. The highest BCUT2D eigenvalue weighted by Gasteiger charge is 2.10. The van der Waals surface area contributed by atoms with E-state index in [4.69, 9.17) is 9.47 Å². The third-order valence-electron chi connectivity index (χ3n) is 2.96. The normalized spacial score (nSPS) is 10.6. The van der Waals surface area contributed by atoms with Crippen molar-refractivity contribution in [3.05, 3.63) is 36.0 Å². The molecule has 0 amide bonds. The van der Waals surface area contributed by atoms with E-state index in [0.717, 1.165) is 28.5 Å². The largest absolute Gasteiger partial charge is 0.497 e. The SMILES string of the molecule is COc1ccc(-c2ccc(C(C)C)nn2)c(OC)c1. The van der Waals surface area contributed by atoms with Crippen LogP contribution in [0, 0.1) is 0 Å². The van der Waals surface area contributed by atoms with Crippen LogP contribution in [0.3, 0.4) is 0 Å². The fourth-order valence-electron chi connectivity index (χ4n) is 1.80. The van der Waals surface area contributed by atoms with Crippen molar-refractivity contribution in [2.75, 3.05) is 14.2 Å². The Balaban J connectivity index is 2.40. The van der Waals surface area contributed by atoms with Crippen LogP contribution in [0.5, 0.6) is 11.5 Å². The molecule has 0 saturated heterocycles. The van der Waals surface area contributed by atoms with Crippen LogP contribution < -0.4 is 9.47 Å². The van der Waals surface area contributed by atoms with Crippen molar-refractivity contribution in [1.29, 1.82) is 0 Å². The number of hydrogen-bond acceptors (Lipinski definition) is 4. The average molecular weight is 258 g/mol. The average Bonchev–Trinajstić information content (AvgIpc) is 2.46. The van der Waals surface area contributed by atoms with Crippen LogP contribution >= 0.6 is 0 Å². The molecule has 4 heteroatoms. The fourth-order valence-corrected chi connectivity index (χ4v) is 1.80. The summed E-state index contributed by atoms with van der Waals surface area (Å²) in [6.45, 7) is 4.19. The van der Waals surface area contributed by atoms with Crippen molar-refractivity contribution in [2.24, 2.45) is 0 Å². The Morgan fingerprint density at radius 3 is 2.26 bits per heavy atom. The minimum Gasteiger partial charge on any atom is -0.497 e. The highest BCUT2D eigenvalue weighted by atomic mass is 16.5. The Bertz CT molecular complexity index is 551. The Morgan fingerprint density at radius 1 is 0.947 bits per heavy atom. The minimum atomic E-state index is 0.374. The van der Waals surface area contributed by atoms with Gasteiger partial charge in [0, 0.05) is 11.6 Å².